The standard InChI is InChI=1S/C17H25BrO10/c1-9(19)24-8-13-14(25-10(2)20)15(26-11(3)21)16(27-12(4)22)17(28-13)23-7-5-6-18/h13-17H,5-8H2,1-4H3/t13-,14-,15+,16-,17-/m1/s1. The van der Waals surface area contributed by atoms with Crippen LogP contribution in [0.3, 0.4) is 0 Å². The Bertz CT molecular complexity index is 566. The van der Waals surface area contributed by atoms with Crippen molar-refractivity contribution >= 4 is 39.8 Å². The molecule has 0 spiro atoms. The molecule has 0 aromatic rings. The Labute approximate surface area is 171 Å². The molecule has 11 heteroatoms. The van der Waals surface area contributed by atoms with Gasteiger partial charge in [0.25, 0.3) is 0 Å². The molecule has 0 aromatic carbocycles. The number of carbonyl (C=O) groups is 4. The van der Waals surface area contributed by atoms with Gasteiger partial charge in [-0.2, -0.15) is 0 Å². The third-order valence-corrected chi connectivity index (χ3v) is 4.07. The Morgan fingerprint density at radius 3 is 1.86 bits per heavy atom. The third kappa shape index (κ3) is 8.11. The van der Waals surface area contributed by atoms with Crippen molar-refractivity contribution in [3.8, 4) is 0 Å². The second-order valence-electron chi connectivity index (χ2n) is 5.98. The average molecular weight is 469 g/mol. The van der Waals surface area contributed by atoms with Crippen LogP contribution in [0.25, 0.3) is 0 Å². The molecule has 1 aliphatic heterocycles. The van der Waals surface area contributed by atoms with E-state index in [0.29, 0.717) is 11.8 Å². The fourth-order valence-corrected chi connectivity index (χ4v) is 2.81. The molecular formula is C17H25BrO10. The van der Waals surface area contributed by atoms with E-state index < -0.39 is 54.6 Å². The summed E-state index contributed by atoms with van der Waals surface area (Å²) in [6.07, 6.45) is -5.07. The SMILES string of the molecule is CC(=O)OC[C@H]1O[C@@H](OCCCBr)[C@H](OC(C)=O)[C@@H](OC(C)=O)[C@@H]1OC(C)=O. The van der Waals surface area contributed by atoms with E-state index in [0.717, 1.165) is 13.8 Å². The van der Waals surface area contributed by atoms with Gasteiger partial charge in [0.2, 0.25) is 0 Å². The minimum absolute atomic E-state index is 0.249. The average Bonchev–Trinajstić information content (AvgIpc) is 2.57. The molecule has 0 saturated carbocycles. The van der Waals surface area contributed by atoms with Crippen LogP contribution in [0, 0.1) is 0 Å². The normalized spacial score (nSPS) is 26.8. The number of esters is 4. The van der Waals surface area contributed by atoms with Gasteiger partial charge in [0.05, 0.1) is 6.61 Å². The Morgan fingerprint density at radius 2 is 1.36 bits per heavy atom. The first kappa shape index (κ1) is 24.3. The van der Waals surface area contributed by atoms with Crippen LogP contribution in [0.1, 0.15) is 34.1 Å². The Balaban J connectivity index is 3.21. The van der Waals surface area contributed by atoms with Crippen LogP contribution in [0.4, 0.5) is 0 Å². The molecule has 1 aliphatic rings. The van der Waals surface area contributed by atoms with E-state index in [9.17, 15) is 19.2 Å². The van der Waals surface area contributed by atoms with Crippen LogP contribution in [0.15, 0.2) is 0 Å². The van der Waals surface area contributed by atoms with E-state index >= 15 is 0 Å². The summed E-state index contributed by atoms with van der Waals surface area (Å²) < 4.78 is 32.2. The monoisotopic (exact) mass is 468 g/mol. The molecule has 0 radical (unpaired) electrons. The zero-order valence-electron chi connectivity index (χ0n) is 16.2. The molecule has 1 fully saturated rings. The van der Waals surface area contributed by atoms with Gasteiger partial charge in [0.1, 0.15) is 12.7 Å². The van der Waals surface area contributed by atoms with Gasteiger partial charge in [-0.3, -0.25) is 19.2 Å². The van der Waals surface area contributed by atoms with E-state index in [1.165, 1.54) is 13.8 Å². The number of hydrogen-bond donors (Lipinski definition) is 0. The van der Waals surface area contributed by atoms with Gasteiger partial charge in [-0.15, -0.1) is 0 Å². The quantitative estimate of drug-likeness (QED) is 0.208. The van der Waals surface area contributed by atoms with Crippen molar-refractivity contribution in [3.05, 3.63) is 0 Å². The Hall–Kier alpha value is -1.72. The predicted octanol–water partition coefficient (Wildman–Crippen LogP) is 0.871. The van der Waals surface area contributed by atoms with E-state index in [4.69, 9.17) is 28.4 Å². The maximum absolute atomic E-state index is 11.6. The van der Waals surface area contributed by atoms with Crippen molar-refractivity contribution in [3.63, 3.8) is 0 Å². The molecule has 0 unspecified atom stereocenters. The van der Waals surface area contributed by atoms with Crippen molar-refractivity contribution in [2.24, 2.45) is 0 Å². The highest BCUT2D eigenvalue weighted by atomic mass is 79.9. The number of halogens is 1. The maximum atomic E-state index is 11.6. The molecule has 160 valence electrons. The van der Waals surface area contributed by atoms with Gasteiger partial charge in [-0.05, 0) is 6.42 Å². The van der Waals surface area contributed by atoms with Crippen molar-refractivity contribution in [2.75, 3.05) is 18.5 Å². The lowest BCUT2D eigenvalue weighted by Crippen LogP contribution is -2.63. The molecule has 1 heterocycles. The number of carbonyl (C=O) groups excluding carboxylic acids is 4. The van der Waals surface area contributed by atoms with Crippen LogP contribution in [-0.2, 0) is 47.6 Å². The van der Waals surface area contributed by atoms with E-state index in [2.05, 4.69) is 15.9 Å². The first-order chi connectivity index (χ1) is 13.1. The Kier molecular flexibility index (Phi) is 10.4. The molecule has 0 aliphatic carbocycles. The minimum Gasteiger partial charge on any atom is -0.463 e. The van der Waals surface area contributed by atoms with Crippen molar-refractivity contribution in [2.45, 2.75) is 64.8 Å². The van der Waals surface area contributed by atoms with E-state index in [-0.39, 0.29) is 13.2 Å². The summed E-state index contributed by atoms with van der Waals surface area (Å²) in [5.74, 6) is -2.61. The largest absolute Gasteiger partial charge is 0.463 e. The van der Waals surface area contributed by atoms with Crippen LogP contribution in [0.5, 0.6) is 0 Å². The lowest BCUT2D eigenvalue weighted by Gasteiger charge is -2.44. The van der Waals surface area contributed by atoms with Gasteiger partial charge >= 0.3 is 23.9 Å². The number of rotatable bonds is 9. The van der Waals surface area contributed by atoms with Gasteiger partial charge in [-0.1, -0.05) is 15.9 Å². The maximum Gasteiger partial charge on any atom is 0.303 e. The Morgan fingerprint density at radius 1 is 0.821 bits per heavy atom. The highest BCUT2D eigenvalue weighted by Crippen LogP contribution is 2.30. The lowest BCUT2D eigenvalue weighted by atomic mass is 9.98. The fraction of sp³-hybridized carbons (Fsp3) is 0.765. The predicted molar refractivity (Wildman–Crippen MR) is 96.3 cm³/mol. The highest BCUT2D eigenvalue weighted by Gasteiger charge is 2.52. The summed E-state index contributed by atoms with van der Waals surface area (Å²) in [6.45, 7) is 4.67. The topological polar surface area (TPSA) is 124 Å². The van der Waals surface area contributed by atoms with Gasteiger partial charge in [0, 0.05) is 33.0 Å². The second-order valence-corrected chi connectivity index (χ2v) is 6.77. The number of alkyl halides is 1. The third-order valence-electron chi connectivity index (χ3n) is 3.51. The first-order valence-electron chi connectivity index (χ1n) is 8.63. The fourth-order valence-electron chi connectivity index (χ4n) is 2.58. The smallest absolute Gasteiger partial charge is 0.303 e. The van der Waals surface area contributed by atoms with E-state index in [1.54, 1.807) is 0 Å². The van der Waals surface area contributed by atoms with E-state index in [1.807, 2.05) is 0 Å². The molecular weight excluding hydrogens is 444 g/mol. The summed E-state index contributed by atoms with van der Waals surface area (Å²) >= 11 is 3.27. The molecule has 0 N–H and O–H groups in total. The molecule has 0 amide bonds. The first-order valence-corrected chi connectivity index (χ1v) is 9.75. The van der Waals surface area contributed by atoms with Crippen molar-refractivity contribution < 1.29 is 47.6 Å². The van der Waals surface area contributed by atoms with Crippen LogP contribution < -0.4 is 0 Å². The molecule has 1 rings (SSSR count). The molecule has 5 atom stereocenters. The summed E-state index contributed by atoms with van der Waals surface area (Å²) in [6, 6.07) is 0. The summed E-state index contributed by atoms with van der Waals surface area (Å²) in [5, 5.41) is 0.665. The lowest BCUT2D eigenvalue weighted by molar-refractivity contribution is -0.308. The zero-order valence-corrected chi connectivity index (χ0v) is 17.8. The van der Waals surface area contributed by atoms with Crippen LogP contribution >= 0.6 is 15.9 Å². The van der Waals surface area contributed by atoms with Crippen LogP contribution in [-0.4, -0.2) is 73.1 Å². The van der Waals surface area contributed by atoms with Gasteiger partial charge in [-0.25, -0.2) is 0 Å². The highest BCUT2D eigenvalue weighted by molar-refractivity contribution is 9.09. The van der Waals surface area contributed by atoms with Crippen LogP contribution in [0.2, 0.25) is 0 Å². The van der Waals surface area contributed by atoms with Crippen molar-refractivity contribution in [1.29, 1.82) is 0 Å². The molecule has 10 nitrogen and oxygen atoms in total. The second kappa shape index (κ2) is 12.0. The zero-order chi connectivity index (χ0) is 21.3. The number of hydrogen-bond acceptors (Lipinski definition) is 10. The summed E-state index contributed by atoms with van der Waals surface area (Å²) in [4.78, 5) is 46.0. The summed E-state index contributed by atoms with van der Waals surface area (Å²) in [5.41, 5.74) is 0. The summed E-state index contributed by atoms with van der Waals surface area (Å²) in [7, 11) is 0. The van der Waals surface area contributed by atoms with Gasteiger partial charge in [0.15, 0.2) is 24.6 Å². The molecule has 28 heavy (non-hydrogen) atoms. The molecule has 0 bridgehead atoms. The van der Waals surface area contributed by atoms with Crippen molar-refractivity contribution in [1.82, 2.24) is 0 Å². The minimum atomic E-state index is -1.21. The number of ether oxygens (including phenoxy) is 6. The van der Waals surface area contributed by atoms with Gasteiger partial charge < -0.3 is 28.4 Å². The molecule has 0 aromatic heterocycles. The molecule has 1 saturated heterocycles.